The van der Waals surface area contributed by atoms with Crippen LogP contribution in [0.15, 0.2) is 0 Å². The predicted molar refractivity (Wildman–Crippen MR) is 48.9 cm³/mol. The number of hydrogen-bond donors (Lipinski definition) is 1. The molecule has 0 aliphatic carbocycles. The number of rotatable bonds is 5. The van der Waals surface area contributed by atoms with Crippen LogP contribution in [0.2, 0.25) is 0 Å². The molecule has 0 saturated carbocycles. The van der Waals surface area contributed by atoms with E-state index in [0.29, 0.717) is 0 Å². The van der Waals surface area contributed by atoms with E-state index in [2.05, 4.69) is 4.74 Å². The molecule has 0 heterocycles. The molecule has 0 bridgehead atoms. The van der Waals surface area contributed by atoms with Crippen molar-refractivity contribution in [2.45, 2.75) is 45.5 Å². The molecule has 0 aromatic carbocycles. The van der Waals surface area contributed by atoms with Gasteiger partial charge in [-0.25, -0.2) is 0 Å². The van der Waals surface area contributed by atoms with E-state index in [9.17, 15) is 13.2 Å². The van der Waals surface area contributed by atoms with Crippen LogP contribution in [0.5, 0.6) is 0 Å². The Labute approximate surface area is 82.6 Å². The molecule has 0 spiro atoms. The maximum absolute atomic E-state index is 12.0. The molecule has 3 atom stereocenters. The van der Waals surface area contributed by atoms with Gasteiger partial charge in [0.1, 0.15) is 0 Å². The van der Waals surface area contributed by atoms with Crippen LogP contribution in [0.25, 0.3) is 0 Å². The van der Waals surface area contributed by atoms with E-state index < -0.39 is 12.3 Å². The van der Waals surface area contributed by atoms with E-state index in [-0.39, 0.29) is 18.6 Å². The predicted octanol–water partition coefficient (Wildman–Crippen LogP) is 2.33. The fraction of sp³-hybridized carbons (Fsp3) is 1.00. The number of nitrogens with two attached hydrogens (primary N) is 1. The first kappa shape index (κ1) is 13.7. The van der Waals surface area contributed by atoms with Crippen molar-refractivity contribution >= 4 is 0 Å². The van der Waals surface area contributed by atoms with Gasteiger partial charge in [-0.1, -0.05) is 20.3 Å². The molecular formula is C9H18F3NO. The van der Waals surface area contributed by atoms with Crippen molar-refractivity contribution < 1.29 is 17.9 Å². The maximum atomic E-state index is 12.0. The van der Waals surface area contributed by atoms with Crippen LogP contribution >= 0.6 is 0 Å². The van der Waals surface area contributed by atoms with E-state index in [1.165, 1.54) is 0 Å². The van der Waals surface area contributed by atoms with Gasteiger partial charge in [0.15, 0.2) is 6.10 Å². The summed E-state index contributed by atoms with van der Waals surface area (Å²) in [6, 6.07) is -0.329. The van der Waals surface area contributed by atoms with Crippen molar-refractivity contribution in [3.63, 3.8) is 0 Å². The van der Waals surface area contributed by atoms with E-state index >= 15 is 0 Å². The van der Waals surface area contributed by atoms with Gasteiger partial charge in [-0.2, -0.15) is 13.2 Å². The van der Waals surface area contributed by atoms with Gasteiger partial charge in [-0.05, 0) is 12.8 Å². The lowest BCUT2D eigenvalue weighted by atomic mass is 10.0. The molecule has 0 fully saturated rings. The Balaban J connectivity index is 3.83. The first-order chi connectivity index (χ1) is 6.29. The van der Waals surface area contributed by atoms with Crippen molar-refractivity contribution in [1.29, 1.82) is 0 Å². The second-order valence-corrected chi connectivity index (χ2v) is 3.57. The number of halogens is 3. The number of ether oxygens (including phenoxy) is 1. The molecule has 2 N–H and O–H groups in total. The van der Waals surface area contributed by atoms with Crippen LogP contribution in [0.1, 0.15) is 27.2 Å². The lowest BCUT2D eigenvalue weighted by Gasteiger charge is -2.22. The second kappa shape index (κ2) is 5.56. The minimum absolute atomic E-state index is 0.0459. The fourth-order valence-corrected chi connectivity index (χ4v) is 0.817. The van der Waals surface area contributed by atoms with Gasteiger partial charge in [0.25, 0.3) is 0 Å². The van der Waals surface area contributed by atoms with Gasteiger partial charge in [0.05, 0.1) is 6.61 Å². The number of hydrogen-bond acceptors (Lipinski definition) is 2. The summed E-state index contributed by atoms with van der Waals surface area (Å²) in [5, 5.41) is 0. The maximum Gasteiger partial charge on any atom is 0.414 e. The summed E-state index contributed by atoms with van der Waals surface area (Å²) >= 11 is 0. The van der Waals surface area contributed by atoms with Gasteiger partial charge in [0, 0.05) is 6.04 Å². The van der Waals surface area contributed by atoms with E-state index in [4.69, 9.17) is 5.73 Å². The number of alkyl halides is 3. The van der Waals surface area contributed by atoms with Gasteiger partial charge in [0.2, 0.25) is 0 Å². The molecule has 3 unspecified atom stereocenters. The van der Waals surface area contributed by atoms with Gasteiger partial charge < -0.3 is 10.5 Å². The normalized spacial score (nSPS) is 19.1. The molecule has 2 nitrogen and oxygen atoms in total. The molecule has 14 heavy (non-hydrogen) atoms. The molecule has 0 rings (SSSR count). The Hall–Kier alpha value is -0.290. The van der Waals surface area contributed by atoms with Crippen LogP contribution in [-0.4, -0.2) is 24.9 Å². The third kappa shape index (κ3) is 4.81. The minimum atomic E-state index is -4.30. The smallest absolute Gasteiger partial charge is 0.367 e. The Kier molecular flexibility index (Phi) is 5.44. The summed E-state index contributed by atoms with van der Waals surface area (Å²) in [6.07, 6.45) is -5.20. The molecule has 86 valence electrons. The Bertz CT molecular complexity index is 161. The first-order valence-electron chi connectivity index (χ1n) is 4.72. The van der Waals surface area contributed by atoms with Gasteiger partial charge in [-0.15, -0.1) is 0 Å². The van der Waals surface area contributed by atoms with E-state index in [0.717, 1.165) is 13.3 Å². The zero-order valence-electron chi connectivity index (χ0n) is 8.77. The average molecular weight is 213 g/mol. The highest BCUT2D eigenvalue weighted by Gasteiger charge is 2.37. The van der Waals surface area contributed by atoms with Crippen molar-refractivity contribution in [2.24, 2.45) is 11.7 Å². The topological polar surface area (TPSA) is 35.2 Å². The molecule has 0 amide bonds. The van der Waals surface area contributed by atoms with Crippen molar-refractivity contribution in [2.75, 3.05) is 6.61 Å². The molecule has 5 heteroatoms. The van der Waals surface area contributed by atoms with Crippen LogP contribution in [0.3, 0.4) is 0 Å². The second-order valence-electron chi connectivity index (χ2n) is 3.57. The summed E-state index contributed by atoms with van der Waals surface area (Å²) in [5.74, 6) is 0.176. The first-order valence-corrected chi connectivity index (χ1v) is 4.72. The van der Waals surface area contributed by atoms with Gasteiger partial charge >= 0.3 is 6.18 Å². The van der Waals surface area contributed by atoms with Crippen LogP contribution in [-0.2, 0) is 4.74 Å². The Morgan fingerprint density at radius 2 is 1.79 bits per heavy atom. The molecule has 0 saturated heterocycles. The van der Waals surface area contributed by atoms with Crippen LogP contribution in [0, 0.1) is 5.92 Å². The molecule has 0 radical (unpaired) electrons. The highest BCUT2D eigenvalue weighted by Crippen LogP contribution is 2.22. The van der Waals surface area contributed by atoms with E-state index in [1.807, 2.05) is 13.8 Å². The van der Waals surface area contributed by atoms with Gasteiger partial charge in [-0.3, -0.25) is 0 Å². The average Bonchev–Trinajstić information content (AvgIpc) is 2.10. The Morgan fingerprint density at radius 3 is 2.14 bits per heavy atom. The zero-order valence-corrected chi connectivity index (χ0v) is 8.77. The monoisotopic (exact) mass is 213 g/mol. The lowest BCUT2D eigenvalue weighted by molar-refractivity contribution is -0.215. The highest BCUT2D eigenvalue weighted by atomic mass is 19.4. The van der Waals surface area contributed by atoms with Crippen molar-refractivity contribution in [1.82, 2.24) is 0 Å². The summed E-state index contributed by atoms with van der Waals surface area (Å²) in [7, 11) is 0. The third-order valence-corrected chi connectivity index (χ3v) is 2.37. The molecule has 0 aromatic rings. The molecule has 0 aromatic heterocycles. The SMILES string of the molecule is CCC(C)C(N)COC(C)C(F)(F)F. The van der Waals surface area contributed by atoms with Crippen molar-refractivity contribution in [3.8, 4) is 0 Å². The van der Waals surface area contributed by atoms with Crippen LogP contribution in [0.4, 0.5) is 13.2 Å². The molecule has 0 aliphatic rings. The summed E-state index contributed by atoms with van der Waals surface area (Å²) in [6.45, 7) is 4.78. The van der Waals surface area contributed by atoms with E-state index in [1.54, 1.807) is 0 Å². The Morgan fingerprint density at radius 1 is 1.29 bits per heavy atom. The molecular weight excluding hydrogens is 195 g/mol. The third-order valence-electron chi connectivity index (χ3n) is 2.37. The van der Waals surface area contributed by atoms with Crippen molar-refractivity contribution in [3.05, 3.63) is 0 Å². The largest absolute Gasteiger partial charge is 0.414 e. The summed E-state index contributed by atoms with van der Waals surface area (Å²) in [4.78, 5) is 0. The molecule has 0 aliphatic heterocycles. The quantitative estimate of drug-likeness (QED) is 0.760. The zero-order chi connectivity index (χ0) is 11.4. The summed E-state index contributed by atoms with van der Waals surface area (Å²) < 4.78 is 40.7. The standard InChI is InChI=1S/C9H18F3NO/c1-4-6(2)8(13)5-14-7(3)9(10,11)12/h6-8H,4-5,13H2,1-3H3. The summed E-state index contributed by atoms with van der Waals surface area (Å²) in [5.41, 5.74) is 5.63. The minimum Gasteiger partial charge on any atom is -0.367 e. The lowest BCUT2D eigenvalue weighted by Crippen LogP contribution is -2.37. The highest BCUT2D eigenvalue weighted by molar-refractivity contribution is 4.69. The van der Waals surface area contributed by atoms with Crippen LogP contribution < -0.4 is 5.73 Å². The fourth-order valence-electron chi connectivity index (χ4n) is 0.817.